The van der Waals surface area contributed by atoms with E-state index in [1.54, 1.807) is 75.9 Å². The van der Waals surface area contributed by atoms with E-state index in [1.807, 2.05) is 71.9 Å². The molecule has 3 N–H and O–H groups in total. The molecule has 5 rings (SSSR count). The van der Waals surface area contributed by atoms with Gasteiger partial charge in [0.05, 0.1) is 62.1 Å². The van der Waals surface area contributed by atoms with Gasteiger partial charge in [-0.05, 0) is 97.9 Å². The summed E-state index contributed by atoms with van der Waals surface area (Å²) in [5.74, 6) is -6.52. The summed E-state index contributed by atoms with van der Waals surface area (Å²) in [5, 5.41) is 16.5. The first kappa shape index (κ1) is 83.5. The fraction of sp³-hybridized carbons (Fsp3) is 0.720. The molecule has 99 heavy (non-hydrogen) atoms. The van der Waals surface area contributed by atoms with Crippen molar-refractivity contribution >= 4 is 58.7 Å². The van der Waals surface area contributed by atoms with Gasteiger partial charge in [0.2, 0.25) is 29.5 Å². The fourth-order valence-corrected chi connectivity index (χ4v) is 14.4. The lowest BCUT2D eigenvalue weighted by Crippen LogP contribution is -2.54. The van der Waals surface area contributed by atoms with Crippen LogP contribution in [0.3, 0.4) is 0 Å². The number of amides is 6. The largest absolute Gasteiger partial charge is 0.445 e. The standard InChI is InChI=1S/C75H116F3N7O14/c1-15-50(8)69(62(96-13)45-66(91)84-37-23-27-58(84)71(97-14)52(10)59(86)42-51(9)70(92)54-24-18-16-19-25-54)81(11)73(94)57(47(2)3)44-61(88)68(49(6)7)82(12)74(95)99-46-53-29-31-56(32-30-53)79-72(93)55(26-22-35-83-38-40-98-41-39-83)43-60(87)67(48(4)5)80-63(75(76,77)78)28-20-17-21-36-85-64(89)33-34-65(85)90/h16,18-19,24-25,29-32,47-52,55,57-58,62-63,67-71,80,92H,15,17,20-23,26-28,33-46H2,1-14H3,(H,79,93)/t50-,51-,52-,55+,57-,58-,62+,63-,67-,68-,69-,70+,71+/m0/s1. The van der Waals surface area contributed by atoms with Crippen molar-refractivity contribution in [2.75, 3.05) is 79.6 Å². The first-order valence-corrected chi connectivity index (χ1v) is 36.0. The molecule has 13 atom stereocenters. The van der Waals surface area contributed by atoms with E-state index in [2.05, 4.69) is 15.5 Å². The third-order valence-electron chi connectivity index (χ3n) is 20.6. The number of unbranched alkanes of at least 4 members (excludes halogenated alkanes) is 2. The van der Waals surface area contributed by atoms with E-state index in [1.165, 1.54) is 19.1 Å². The number of rotatable bonds is 42. The van der Waals surface area contributed by atoms with Gasteiger partial charge in [0.25, 0.3) is 0 Å². The Morgan fingerprint density at radius 3 is 1.93 bits per heavy atom. The number of ether oxygens (including phenoxy) is 4. The van der Waals surface area contributed by atoms with E-state index in [9.17, 15) is 61.4 Å². The molecule has 3 aliphatic heterocycles. The van der Waals surface area contributed by atoms with Gasteiger partial charge in [0, 0.05) is 110 Å². The topological polar surface area (TPSA) is 251 Å². The van der Waals surface area contributed by atoms with Crippen molar-refractivity contribution in [1.29, 1.82) is 0 Å². The number of likely N-dealkylation sites (N-methyl/N-ethyl adjacent to an activating group) is 2. The van der Waals surface area contributed by atoms with Crippen LogP contribution < -0.4 is 10.6 Å². The van der Waals surface area contributed by atoms with E-state index in [-0.39, 0.29) is 124 Å². The number of halogens is 3. The van der Waals surface area contributed by atoms with E-state index in [0.717, 1.165) is 10.5 Å². The van der Waals surface area contributed by atoms with Gasteiger partial charge in [-0.1, -0.05) is 131 Å². The predicted molar refractivity (Wildman–Crippen MR) is 372 cm³/mol. The average molecular weight is 1400 g/mol. The Bertz CT molecular complexity index is 2900. The fourth-order valence-electron chi connectivity index (χ4n) is 14.4. The van der Waals surface area contributed by atoms with Gasteiger partial charge in [-0.25, -0.2) is 4.79 Å². The van der Waals surface area contributed by atoms with Crippen molar-refractivity contribution in [1.82, 2.24) is 29.8 Å². The molecule has 2 aromatic carbocycles. The van der Waals surface area contributed by atoms with Gasteiger partial charge >= 0.3 is 12.3 Å². The lowest BCUT2D eigenvalue weighted by molar-refractivity contribution is -0.161. The molecule has 556 valence electrons. The molecule has 6 amide bonds. The number of aliphatic hydroxyl groups excluding tert-OH is 1. The van der Waals surface area contributed by atoms with Gasteiger partial charge in [-0.3, -0.25) is 53.5 Å². The van der Waals surface area contributed by atoms with Crippen LogP contribution in [0, 0.1) is 47.3 Å². The number of carbonyl (C=O) groups excluding carboxylic acids is 9. The maximum atomic E-state index is 14.9. The third kappa shape index (κ3) is 24.5. The molecule has 21 nitrogen and oxygen atoms in total. The molecular weight excluding hydrogens is 1280 g/mol. The van der Waals surface area contributed by atoms with Crippen molar-refractivity contribution in [3.05, 3.63) is 65.7 Å². The van der Waals surface area contributed by atoms with Gasteiger partial charge in [-0.15, -0.1) is 0 Å². The number of anilines is 1. The van der Waals surface area contributed by atoms with Crippen LogP contribution in [-0.4, -0.2) is 205 Å². The van der Waals surface area contributed by atoms with Gasteiger partial charge in [0.15, 0.2) is 11.6 Å². The second kappa shape index (κ2) is 40.5. The summed E-state index contributed by atoms with van der Waals surface area (Å²) in [7, 11) is 6.22. The van der Waals surface area contributed by atoms with Crippen LogP contribution >= 0.6 is 0 Å². The Morgan fingerprint density at radius 1 is 0.707 bits per heavy atom. The summed E-state index contributed by atoms with van der Waals surface area (Å²) in [4.78, 5) is 132. The zero-order valence-corrected chi connectivity index (χ0v) is 61.3. The van der Waals surface area contributed by atoms with Crippen molar-refractivity contribution in [2.45, 2.75) is 227 Å². The number of imide groups is 1. The SMILES string of the molecule is CC[C@H](C)[C@@H]([C@@H](CC(=O)N1CCC[C@H]1[C@H](OC)[C@@H](C)C(=O)C[C@H](C)[C@@H](O)c1ccccc1)OC)N(C)C(=O)[C@@H](CC(=O)[C@H](C(C)C)N(C)C(=O)OCc1ccc(NC(=O)[C@H](CCCN2CCOCC2)CC(=O)[C@@H](N[C@@H](CCCCCN2C(=O)CCC2=O)C(F)(F)F)C(C)C)cc1)C(C)C. The van der Waals surface area contributed by atoms with Crippen LogP contribution in [0.25, 0.3) is 0 Å². The van der Waals surface area contributed by atoms with Gasteiger partial charge in [-0.2, -0.15) is 13.2 Å². The zero-order valence-electron chi connectivity index (χ0n) is 61.3. The van der Waals surface area contributed by atoms with Crippen LogP contribution in [0.4, 0.5) is 23.7 Å². The molecule has 3 fully saturated rings. The van der Waals surface area contributed by atoms with E-state index < -0.39 is 102 Å². The van der Waals surface area contributed by atoms with Crippen LogP contribution in [0.15, 0.2) is 54.6 Å². The number of likely N-dealkylation sites (tertiary alicyclic amines) is 2. The molecule has 3 heterocycles. The number of carbonyl (C=O) groups is 9. The Labute approximate surface area is 586 Å². The highest BCUT2D eigenvalue weighted by Gasteiger charge is 2.46. The summed E-state index contributed by atoms with van der Waals surface area (Å²) in [6, 6.07) is 10.6. The number of alkyl halides is 3. The number of ketones is 3. The van der Waals surface area contributed by atoms with E-state index in [4.69, 9.17) is 18.9 Å². The molecule has 0 saturated carbocycles. The Hall–Kier alpha value is -6.18. The summed E-state index contributed by atoms with van der Waals surface area (Å²) < 4.78 is 67.1. The molecular formula is C75H116F3N7O14. The lowest BCUT2D eigenvalue weighted by Gasteiger charge is -2.41. The van der Waals surface area contributed by atoms with Crippen molar-refractivity contribution in [3.8, 4) is 0 Å². The van der Waals surface area contributed by atoms with Crippen LogP contribution in [0.1, 0.15) is 183 Å². The Balaban J connectivity index is 1.20. The van der Waals surface area contributed by atoms with Gasteiger partial charge < -0.3 is 44.1 Å². The minimum absolute atomic E-state index is 0.0607. The van der Waals surface area contributed by atoms with Gasteiger partial charge in [0.1, 0.15) is 18.4 Å². The number of hydrogen-bond acceptors (Lipinski definition) is 16. The predicted octanol–water partition coefficient (Wildman–Crippen LogP) is 10.6. The summed E-state index contributed by atoms with van der Waals surface area (Å²) >= 11 is 0. The first-order valence-electron chi connectivity index (χ1n) is 36.0. The summed E-state index contributed by atoms with van der Waals surface area (Å²) in [5.41, 5.74) is 1.65. The lowest BCUT2D eigenvalue weighted by atomic mass is 9.83. The Morgan fingerprint density at radius 2 is 1.35 bits per heavy atom. The number of benzene rings is 2. The smallest absolute Gasteiger partial charge is 0.410 e. The third-order valence-corrected chi connectivity index (χ3v) is 20.6. The number of nitrogens with zero attached hydrogens (tertiary/aromatic N) is 5. The Kier molecular flexibility index (Phi) is 34.1. The van der Waals surface area contributed by atoms with Crippen molar-refractivity contribution < 1.29 is 80.4 Å². The minimum atomic E-state index is -4.68. The second-order valence-electron chi connectivity index (χ2n) is 28.9. The quantitative estimate of drug-likeness (QED) is 0.0413. The molecule has 2 aromatic rings. The molecule has 3 saturated heterocycles. The van der Waals surface area contributed by atoms with Crippen molar-refractivity contribution in [3.63, 3.8) is 0 Å². The molecule has 3 aliphatic rings. The molecule has 0 aliphatic carbocycles. The number of nitrogens with one attached hydrogen (secondary N) is 2. The molecule has 0 spiro atoms. The zero-order chi connectivity index (χ0) is 73.4. The van der Waals surface area contributed by atoms with E-state index >= 15 is 0 Å². The normalized spacial score (nSPS) is 19.2. The number of Topliss-reactive ketones (excluding diaryl/α,β-unsaturated/α-hetero) is 3. The number of morpholine rings is 1. The molecule has 0 aromatic heterocycles. The minimum Gasteiger partial charge on any atom is -0.445 e. The monoisotopic (exact) mass is 1400 g/mol. The van der Waals surface area contributed by atoms with Crippen LogP contribution in [0.5, 0.6) is 0 Å². The maximum absolute atomic E-state index is 14.9. The summed E-state index contributed by atoms with van der Waals surface area (Å²) in [6.07, 6.45) is -4.50. The first-order chi connectivity index (χ1) is 46.8. The molecule has 0 bridgehead atoms. The highest BCUT2D eigenvalue weighted by atomic mass is 19.4. The number of methoxy groups -OCH3 is 2. The highest BCUT2D eigenvalue weighted by Crippen LogP contribution is 2.34. The van der Waals surface area contributed by atoms with Crippen LogP contribution in [-0.2, 0) is 63.9 Å². The average Bonchev–Trinajstić information content (AvgIpc) is 1.80. The highest BCUT2D eigenvalue weighted by molar-refractivity contribution is 6.02. The second-order valence-corrected chi connectivity index (χ2v) is 28.9. The van der Waals surface area contributed by atoms with E-state index in [0.29, 0.717) is 89.2 Å². The van der Waals surface area contributed by atoms with Crippen molar-refractivity contribution in [2.24, 2.45) is 47.3 Å². The summed E-state index contributed by atoms with van der Waals surface area (Å²) in [6.45, 7) is 21.9. The number of aliphatic hydroxyl groups is 1. The molecule has 24 heteroatoms. The molecule has 0 unspecified atom stereocenters. The molecule has 0 radical (unpaired) electrons. The number of hydrogen-bond donors (Lipinski definition) is 3. The maximum Gasteiger partial charge on any atom is 0.410 e. The van der Waals surface area contributed by atoms with Crippen LogP contribution in [0.2, 0.25) is 0 Å².